The van der Waals surface area contributed by atoms with Gasteiger partial charge in [-0.2, -0.15) is 0 Å². The molecule has 1 aromatic heterocycles. The first-order chi connectivity index (χ1) is 12.0. The summed E-state index contributed by atoms with van der Waals surface area (Å²) < 4.78 is 11.0. The van der Waals surface area contributed by atoms with Gasteiger partial charge in [-0.05, 0) is 44.7 Å². The molecule has 0 bridgehead atoms. The Labute approximate surface area is 148 Å². The Hall–Kier alpha value is -2.56. The van der Waals surface area contributed by atoms with Crippen LogP contribution in [0.2, 0.25) is 0 Å². The summed E-state index contributed by atoms with van der Waals surface area (Å²) in [7, 11) is 1.63. The minimum absolute atomic E-state index is 0.183. The first-order valence-corrected chi connectivity index (χ1v) is 8.54. The van der Waals surface area contributed by atoms with Gasteiger partial charge in [0, 0.05) is 17.8 Å². The fourth-order valence-corrected chi connectivity index (χ4v) is 2.67. The summed E-state index contributed by atoms with van der Waals surface area (Å²) in [4.78, 5) is 16.8. The van der Waals surface area contributed by atoms with Crippen LogP contribution in [0.25, 0.3) is 0 Å². The number of rotatable bonds is 7. The molecule has 1 fully saturated rings. The van der Waals surface area contributed by atoms with Crippen molar-refractivity contribution in [3.8, 4) is 11.6 Å². The second kappa shape index (κ2) is 7.13. The second-order valence-corrected chi connectivity index (χ2v) is 6.92. The van der Waals surface area contributed by atoms with Crippen molar-refractivity contribution in [2.45, 2.75) is 32.2 Å². The van der Waals surface area contributed by atoms with Gasteiger partial charge < -0.3 is 14.8 Å². The molecular weight excluding hydrogens is 316 g/mol. The zero-order valence-electron chi connectivity index (χ0n) is 14.9. The van der Waals surface area contributed by atoms with Crippen LogP contribution >= 0.6 is 0 Å². The van der Waals surface area contributed by atoms with Crippen LogP contribution in [-0.2, 0) is 5.54 Å². The lowest BCUT2D eigenvalue weighted by Gasteiger charge is -2.28. The Morgan fingerprint density at radius 2 is 2.00 bits per heavy atom. The molecule has 1 aliphatic carbocycles. The first kappa shape index (κ1) is 17.3. The predicted octanol–water partition coefficient (Wildman–Crippen LogP) is 3.54. The number of ether oxygens (including phenoxy) is 2. The van der Waals surface area contributed by atoms with Gasteiger partial charge in [0.2, 0.25) is 5.88 Å². The van der Waals surface area contributed by atoms with Crippen LogP contribution in [0.5, 0.6) is 11.6 Å². The second-order valence-electron chi connectivity index (χ2n) is 6.92. The van der Waals surface area contributed by atoms with Gasteiger partial charge in [0.15, 0.2) is 0 Å². The lowest BCUT2D eigenvalue weighted by Crippen LogP contribution is -2.41. The maximum Gasteiger partial charge on any atom is 0.253 e. The van der Waals surface area contributed by atoms with Crippen molar-refractivity contribution in [1.82, 2.24) is 10.3 Å². The van der Waals surface area contributed by atoms with Gasteiger partial charge in [-0.15, -0.1) is 0 Å². The number of nitrogens with one attached hydrogen (secondary N) is 1. The average molecular weight is 340 g/mol. The molecule has 132 valence electrons. The van der Waals surface area contributed by atoms with Crippen molar-refractivity contribution in [3.63, 3.8) is 0 Å². The number of aromatic nitrogens is 1. The number of carbonyl (C=O) groups excluding carboxylic acids is 1. The zero-order valence-corrected chi connectivity index (χ0v) is 14.9. The van der Waals surface area contributed by atoms with Gasteiger partial charge >= 0.3 is 0 Å². The van der Waals surface area contributed by atoms with E-state index >= 15 is 0 Å². The number of methoxy groups -OCH3 is 1. The summed E-state index contributed by atoms with van der Waals surface area (Å²) in [6.07, 6.45) is 4.02. The van der Waals surface area contributed by atoms with Crippen LogP contribution in [0.4, 0.5) is 0 Å². The summed E-state index contributed by atoms with van der Waals surface area (Å²) in [5.74, 6) is 1.80. The molecule has 1 heterocycles. The molecular formula is C20H24N2O3. The number of amides is 1. The van der Waals surface area contributed by atoms with E-state index < -0.39 is 5.54 Å². The van der Waals surface area contributed by atoms with Gasteiger partial charge in [0.1, 0.15) is 5.75 Å². The molecule has 5 nitrogen and oxygen atoms in total. The summed E-state index contributed by atoms with van der Waals surface area (Å²) in [6.45, 7) is 4.60. The first-order valence-electron chi connectivity index (χ1n) is 8.54. The number of para-hydroxylation sites is 1. The Morgan fingerprint density at radius 1 is 1.24 bits per heavy atom. The third-order valence-electron chi connectivity index (χ3n) is 4.37. The smallest absolute Gasteiger partial charge is 0.253 e. The van der Waals surface area contributed by atoms with E-state index in [1.165, 1.54) is 12.8 Å². The van der Waals surface area contributed by atoms with E-state index in [-0.39, 0.29) is 5.91 Å². The molecule has 1 amide bonds. The van der Waals surface area contributed by atoms with Crippen molar-refractivity contribution in [2.75, 3.05) is 13.7 Å². The molecule has 0 radical (unpaired) electrons. The quantitative estimate of drug-likeness (QED) is 0.837. The van der Waals surface area contributed by atoms with E-state index in [0.717, 1.165) is 11.3 Å². The largest absolute Gasteiger partial charge is 0.496 e. The molecule has 5 heteroatoms. The molecule has 1 aliphatic rings. The van der Waals surface area contributed by atoms with Gasteiger partial charge in [0.05, 0.1) is 24.8 Å². The lowest BCUT2D eigenvalue weighted by atomic mass is 9.93. The van der Waals surface area contributed by atoms with Crippen LogP contribution in [-0.4, -0.2) is 24.6 Å². The van der Waals surface area contributed by atoms with Gasteiger partial charge in [-0.1, -0.05) is 18.2 Å². The zero-order chi connectivity index (χ0) is 17.9. The molecule has 2 aromatic rings. The fourth-order valence-electron chi connectivity index (χ4n) is 2.67. The van der Waals surface area contributed by atoms with Crippen molar-refractivity contribution >= 4 is 5.91 Å². The fraction of sp³-hybridized carbons (Fsp3) is 0.400. The third kappa shape index (κ3) is 4.29. The SMILES string of the molecule is COc1ccccc1C(C)(C)NC(=O)c1ccc(OCC2CC2)nc1. The minimum Gasteiger partial charge on any atom is -0.496 e. The maximum absolute atomic E-state index is 12.6. The molecule has 25 heavy (non-hydrogen) atoms. The Kier molecular flexibility index (Phi) is 4.93. The highest BCUT2D eigenvalue weighted by Crippen LogP contribution is 2.30. The number of benzene rings is 1. The molecule has 1 aromatic carbocycles. The van der Waals surface area contributed by atoms with Crippen molar-refractivity contribution in [3.05, 3.63) is 53.7 Å². The normalized spacial score (nSPS) is 14.0. The number of nitrogens with zero attached hydrogens (tertiary/aromatic N) is 1. The Balaban J connectivity index is 1.67. The van der Waals surface area contributed by atoms with Crippen LogP contribution in [0, 0.1) is 5.92 Å². The molecule has 0 atom stereocenters. The Morgan fingerprint density at radius 3 is 2.64 bits per heavy atom. The molecule has 0 unspecified atom stereocenters. The van der Waals surface area contributed by atoms with E-state index in [2.05, 4.69) is 10.3 Å². The third-order valence-corrected chi connectivity index (χ3v) is 4.37. The number of pyridine rings is 1. The van der Waals surface area contributed by atoms with Gasteiger partial charge in [-0.3, -0.25) is 4.79 Å². The number of hydrogen-bond donors (Lipinski definition) is 1. The number of hydrogen-bond acceptors (Lipinski definition) is 4. The molecule has 3 rings (SSSR count). The van der Waals surface area contributed by atoms with Crippen LogP contribution in [0.1, 0.15) is 42.6 Å². The summed E-state index contributed by atoms with van der Waals surface area (Å²) in [5, 5.41) is 3.04. The van der Waals surface area contributed by atoms with Gasteiger partial charge in [-0.25, -0.2) is 4.98 Å². The highest BCUT2D eigenvalue weighted by atomic mass is 16.5. The van der Waals surface area contributed by atoms with E-state index in [1.807, 2.05) is 38.1 Å². The highest BCUT2D eigenvalue weighted by molar-refractivity contribution is 5.94. The predicted molar refractivity (Wildman–Crippen MR) is 95.9 cm³/mol. The maximum atomic E-state index is 12.6. The summed E-state index contributed by atoms with van der Waals surface area (Å²) in [5.41, 5.74) is 0.843. The molecule has 1 saturated carbocycles. The molecule has 0 saturated heterocycles. The van der Waals surface area contributed by atoms with Crippen molar-refractivity contribution in [1.29, 1.82) is 0 Å². The topological polar surface area (TPSA) is 60.5 Å². The van der Waals surface area contributed by atoms with Gasteiger partial charge in [0.25, 0.3) is 5.91 Å². The summed E-state index contributed by atoms with van der Waals surface area (Å²) in [6, 6.07) is 11.2. The average Bonchev–Trinajstić information content (AvgIpc) is 3.44. The molecule has 0 spiro atoms. The Bertz CT molecular complexity index is 737. The standard InChI is InChI=1S/C20H24N2O3/c1-20(2,16-6-4-5-7-17(16)24-3)22-19(23)15-10-11-18(21-12-15)25-13-14-8-9-14/h4-7,10-12,14H,8-9,13H2,1-3H3,(H,22,23). The minimum atomic E-state index is -0.579. The monoisotopic (exact) mass is 340 g/mol. The van der Waals surface area contributed by atoms with Crippen LogP contribution in [0.15, 0.2) is 42.6 Å². The van der Waals surface area contributed by atoms with Crippen LogP contribution in [0.3, 0.4) is 0 Å². The molecule has 1 N–H and O–H groups in total. The van der Waals surface area contributed by atoms with E-state index in [0.29, 0.717) is 24.0 Å². The highest BCUT2D eigenvalue weighted by Gasteiger charge is 2.27. The number of carbonyl (C=O) groups is 1. The summed E-state index contributed by atoms with van der Waals surface area (Å²) >= 11 is 0. The van der Waals surface area contributed by atoms with Crippen molar-refractivity contribution in [2.24, 2.45) is 5.92 Å². The molecule has 0 aliphatic heterocycles. The van der Waals surface area contributed by atoms with E-state index in [9.17, 15) is 4.79 Å². The van der Waals surface area contributed by atoms with Crippen LogP contribution < -0.4 is 14.8 Å². The lowest BCUT2D eigenvalue weighted by molar-refractivity contribution is 0.0910. The van der Waals surface area contributed by atoms with E-state index in [1.54, 1.807) is 25.4 Å². The van der Waals surface area contributed by atoms with E-state index in [4.69, 9.17) is 9.47 Å². The van der Waals surface area contributed by atoms with Crippen molar-refractivity contribution < 1.29 is 14.3 Å².